The van der Waals surface area contributed by atoms with Crippen LogP contribution in [0.2, 0.25) is 0 Å². The zero-order valence-electron chi connectivity index (χ0n) is 7.86. The Balaban J connectivity index is 2.33. The molecule has 14 heavy (non-hydrogen) atoms. The van der Waals surface area contributed by atoms with Crippen LogP contribution in [-0.2, 0) is 4.79 Å². The van der Waals surface area contributed by atoms with Gasteiger partial charge in [-0.15, -0.1) is 17.8 Å². The number of thiazole rings is 1. The smallest absolute Gasteiger partial charge is 0.240 e. The predicted octanol–water partition coefficient (Wildman–Crippen LogP) is 0.647. The minimum atomic E-state index is -0.0994. The number of anilines is 1. The summed E-state index contributed by atoms with van der Waals surface area (Å²) in [5.74, 6) is 2.37. The van der Waals surface area contributed by atoms with Gasteiger partial charge in [0.05, 0.1) is 13.1 Å². The predicted molar refractivity (Wildman–Crippen MR) is 57.1 cm³/mol. The molecule has 0 saturated heterocycles. The molecule has 0 radical (unpaired) electrons. The second-order valence-corrected chi connectivity index (χ2v) is 3.66. The molecule has 1 N–H and O–H groups in total. The molecule has 0 aliphatic heterocycles. The maximum Gasteiger partial charge on any atom is 0.240 e. The molecule has 0 aliphatic rings. The molecule has 1 rings (SSSR count). The fourth-order valence-electron chi connectivity index (χ4n) is 0.901. The van der Waals surface area contributed by atoms with Gasteiger partial charge in [0.2, 0.25) is 5.91 Å². The molecule has 1 aromatic rings. The number of hydrogen-bond acceptors (Lipinski definition) is 4. The van der Waals surface area contributed by atoms with Crippen LogP contribution in [0.4, 0.5) is 5.13 Å². The van der Waals surface area contributed by atoms with Gasteiger partial charge in [0, 0.05) is 11.6 Å². The van der Waals surface area contributed by atoms with Crippen molar-refractivity contribution in [3.63, 3.8) is 0 Å². The monoisotopic (exact) mass is 209 g/mol. The summed E-state index contributed by atoms with van der Waals surface area (Å²) in [5, 5.41) is 5.09. The summed E-state index contributed by atoms with van der Waals surface area (Å²) in [6, 6.07) is 0. The van der Waals surface area contributed by atoms with Gasteiger partial charge in [-0.1, -0.05) is 5.92 Å². The van der Waals surface area contributed by atoms with Crippen LogP contribution in [0.25, 0.3) is 0 Å². The van der Waals surface area contributed by atoms with Crippen LogP contribution in [-0.4, -0.2) is 35.9 Å². The van der Waals surface area contributed by atoms with E-state index < -0.39 is 0 Å². The van der Waals surface area contributed by atoms with Crippen LogP contribution < -0.4 is 5.32 Å². The molecule has 1 heterocycles. The van der Waals surface area contributed by atoms with E-state index >= 15 is 0 Å². The average Bonchev–Trinajstić information content (AvgIpc) is 2.56. The Morgan fingerprint density at radius 1 is 1.86 bits per heavy atom. The zero-order valence-corrected chi connectivity index (χ0v) is 8.67. The van der Waals surface area contributed by atoms with E-state index in [1.165, 1.54) is 11.3 Å². The summed E-state index contributed by atoms with van der Waals surface area (Å²) in [5.41, 5.74) is 0. The third-order valence-corrected chi connectivity index (χ3v) is 2.14. The maximum atomic E-state index is 11.3. The Hall–Kier alpha value is -1.38. The van der Waals surface area contributed by atoms with E-state index in [1.807, 2.05) is 0 Å². The van der Waals surface area contributed by atoms with Crippen molar-refractivity contribution in [2.45, 2.75) is 0 Å². The minimum Gasteiger partial charge on any atom is -0.301 e. The summed E-state index contributed by atoms with van der Waals surface area (Å²) in [6.07, 6.45) is 6.75. The van der Waals surface area contributed by atoms with E-state index in [4.69, 9.17) is 6.42 Å². The van der Waals surface area contributed by atoms with E-state index in [-0.39, 0.29) is 12.5 Å². The quantitative estimate of drug-likeness (QED) is 0.740. The lowest BCUT2D eigenvalue weighted by Gasteiger charge is -2.11. The zero-order chi connectivity index (χ0) is 10.4. The summed E-state index contributed by atoms with van der Waals surface area (Å²) < 4.78 is 0. The largest absolute Gasteiger partial charge is 0.301 e. The van der Waals surface area contributed by atoms with E-state index in [9.17, 15) is 4.79 Å². The van der Waals surface area contributed by atoms with Gasteiger partial charge in [-0.25, -0.2) is 4.98 Å². The van der Waals surface area contributed by atoms with Crippen LogP contribution in [0.1, 0.15) is 0 Å². The highest BCUT2D eigenvalue weighted by Crippen LogP contribution is 2.09. The number of carbonyl (C=O) groups is 1. The van der Waals surface area contributed by atoms with Crippen LogP contribution in [0, 0.1) is 12.3 Å². The summed E-state index contributed by atoms with van der Waals surface area (Å²) in [4.78, 5) is 17.0. The SMILES string of the molecule is C#CCN(C)CC(=O)Nc1nccs1. The van der Waals surface area contributed by atoms with Gasteiger partial charge in [-0.2, -0.15) is 0 Å². The Morgan fingerprint density at radius 3 is 3.21 bits per heavy atom. The molecule has 74 valence electrons. The van der Waals surface area contributed by atoms with Crippen LogP contribution >= 0.6 is 11.3 Å². The van der Waals surface area contributed by atoms with Gasteiger partial charge in [0.25, 0.3) is 0 Å². The number of likely N-dealkylation sites (N-methyl/N-ethyl adjacent to an activating group) is 1. The number of nitrogens with one attached hydrogen (secondary N) is 1. The second kappa shape index (κ2) is 5.37. The molecule has 1 aromatic heterocycles. The molecule has 0 bridgehead atoms. The van der Waals surface area contributed by atoms with E-state index in [0.29, 0.717) is 11.7 Å². The van der Waals surface area contributed by atoms with Crippen molar-refractivity contribution in [1.82, 2.24) is 9.88 Å². The van der Waals surface area contributed by atoms with Crippen molar-refractivity contribution < 1.29 is 4.79 Å². The van der Waals surface area contributed by atoms with Gasteiger partial charge >= 0.3 is 0 Å². The first-order chi connectivity index (χ1) is 6.72. The van der Waals surface area contributed by atoms with Gasteiger partial charge < -0.3 is 5.32 Å². The lowest BCUT2D eigenvalue weighted by Crippen LogP contribution is -2.30. The highest BCUT2D eigenvalue weighted by atomic mass is 32.1. The second-order valence-electron chi connectivity index (χ2n) is 2.76. The summed E-state index contributed by atoms with van der Waals surface area (Å²) in [6.45, 7) is 0.745. The molecule has 0 aromatic carbocycles. The van der Waals surface area contributed by atoms with E-state index in [2.05, 4.69) is 16.2 Å². The van der Waals surface area contributed by atoms with Crippen molar-refractivity contribution in [3.8, 4) is 12.3 Å². The van der Waals surface area contributed by atoms with Crippen LogP contribution in [0.3, 0.4) is 0 Å². The third kappa shape index (κ3) is 3.56. The number of rotatable bonds is 4. The van der Waals surface area contributed by atoms with Crippen molar-refractivity contribution in [2.75, 3.05) is 25.5 Å². The molecular formula is C9H11N3OS. The molecular weight excluding hydrogens is 198 g/mol. The lowest BCUT2D eigenvalue weighted by atomic mass is 10.5. The first kappa shape index (κ1) is 10.7. The Bertz CT molecular complexity index is 328. The number of terminal acetylenes is 1. The molecule has 0 saturated carbocycles. The number of hydrogen-bond donors (Lipinski definition) is 1. The summed E-state index contributed by atoms with van der Waals surface area (Å²) >= 11 is 1.39. The number of nitrogens with zero attached hydrogens (tertiary/aromatic N) is 2. The Kier molecular flexibility index (Phi) is 4.11. The molecule has 0 atom stereocenters. The molecule has 0 unspecified atom stereocenters. The van der Waals surface area contributed by atoms with Crippen molar-refractivity contribution in [2.24, 2.45) is 0 Å². The highest BCUT2D eigenvalue weighted by Gasteiger charge is 2.06. The van der Waals surface area contributed by atoms with Gasteiger partial charge in [-0.3, -0.25) is 9.69 Å². The van der Waals surface area contributed by atoms with Gasteiger partial charge in [-0.05, 0) is 7.05 Å². The lowest BCUT2D eigenvalue weighted by molar-refractivity contribution is -0.116. The first-order valence-corrected chi connectivity index (χ1v) is 4.91. The van der Waals surface area contributed by atoms with Crippen molar-refractivity contribution in [1.29, 1.82) is 0 Å². The third-order valence-electron chi connectivity index (χ3n) is 1.45. The fraction of sp³-hybridized carbons (Fsp3) is 0.333. The first-order valence-electron chi connectivity index (χ1n) is 4.03. The Morgan fingerprint density at radius 2 is 2.64 bits per heavy atom. The van der Waals surface area contributed by atoms with Crippen molar-refractivity contribution >= 4 is 22.4 Å². The van der Waals surface area contributed by atoms with E-state index in [1.54, 1.807) is 23.5 Å². The topological polar surface area (TPSA) is 45.2 Å². The number of aromatic nitrogens is 1. The number of carbonyl (C=O) groups excluding carboxylic acids is 1. The molecule has 1 amide bonds. The van der Waals surface area contributed by atoms with Gasteiger partial charge in [0.15, 0.2) is 5.13 Å². The molecule has 0 spiro atoms. The van der Waals surface area contributed by atoms with Gasteiger partial charge in [0.1, 0.15) is 0 Å². The normalized spacial score (nSPS) is 9.79. The molecule has 4 nitrogen and oxygen atoms in total. The van der Waals surface area contributed by atoms with Crippen molar-refractivity contribution in [3.05, 3.63) is 11.6 Å². The van der Waals surface area contributed by atoms with E-state index in [0.717, 1.165) is 0 Å². The van der Waals surface area contributed by atoms with Crippen LogP contribution in [0.15, 0.2) is 11.6 Å². The fourth-order valence-corrected chi connectivity index (χ4v) is 1.45. The average molecular weight is 209 g/mol. The summed E-state index contributed by atoms with van der Waals surface area (Å²) in [7, 11) is 1.79. The molecule has 5 heteroatoms. The van der Waals surface area contributed by atoms with Crippen LogP contribution in [0.5, 0.6) is 0 Å². The maximum absolute atomic E-state index is 11.3. The molecule has 0 fully saturated rings. The standard InChI is InChI=1S/C9H11N3OS/c1-3-5-12(2)7-8(13)11-9-10-4-6-14-9/h1,4,6H,5,7H2,2H3,(H,10,11,13). The highest BCUT2D eigenvalue weighted by molar-refractivity contribution is 7.13. The minimum absolute atomic E-state index is 0.0994. The molecule has 0 aliphatic carbocycles. The Labute approximate surface area is 87.0 Å². The number of amides is 1.